The van der Waals surface area contributed by atoms with Crippen LogP contribution >= 0.6 is 0 Å². The molecular weight excluding hydrogens is 286 g/mol. The molecule has 0 bridgehead atoms. The highest BCUT2D eigenvalue weighted by Gasteiger charge is 2.29. The van der Waals surface area contributed by atoms with Gasteiger partial charge in [-0.15, -0.1) is 0 Å². The molecule has 0 amide bonds. The maximum atomic E-state index is 6.43. The number of aliphatic imine (C=N–C) groups is 1. The minimum Gasteiger partial charge on any atom is -0.401 e. The van der Waals surface area contributed by atoms with E-state index < -0.39 is 0 Å². The molecule has 0 unspecified atom stereocenters. The van der Waals surface area contributed by atoms with Gasteiger partial charge in [-0.05, 0) is 56.2 Å². The molecule has 2 aliphatic rings. The van der Waals surface area contributed by atoms with Gasteiger partial charge in [0.1, 0.15) is 0 Å². The van der Waals surface area contributed by atoms with Gasteiger partial charge in [0.2, 0.25) is 0 Å². The average molecular weight is 309 g/mol. The van der Waals surface area contributed by atoms with Gasteiger partial charge in [0, 0.05) is 35.3 Å². The Hall–Kier alpha value is -2.14. The third kappa shape index (κ3) is 2.77. The van der Waals surface area contributed by atoms with Crippen LogP contribution in [-0.4, -0.2) is 28.8 Å². The van der Waals surface area contributed by atoms with Gasteiger partial charge in [0.05, 0.1) is 17.3 Å². The third-order valence-electron chi connectivity index (χ3n) is 5.02. The smallest absolute Gasteiger partial charge is 0.0975 e. The summed E-state index contributed by atoms with van der Waals surface area (Å²) < 4.78 is 0. The van der Waals surface area contributed by atoms with Gasteiger partial charge < -0.3 is 16.5 Å². The molecule has 5 heteroatoms. The molecule has 120 valence electrons. The number of rotatable bonds is 5. The molecule has 5 nitrogen and oxygen atoms in total. The monoisotopic (exact) mass is 309 g/mol. The minimum atomic E-state index is 0.383. The molecule has 2 fully saturated rings. The standard InChI is InChI=1S/C18H23N5/c19-9-11-7-14(8-11)23-10-15(16(20)12-1-2-12)18-17-13(3-5-21-17)4-6-22-18/h3-6,10-12,14,21H,1-2,7-9,19-20H2. The Morgan fingerprint density at radius 2 is 2.17 bits per heavy atom. The van der Waals surface area contributed by atoms with E-state index in [4.69, 9.17) is 16.5 Å². The van der Waals surface area contributed by atoms with Crippen LogP contribution in [0, 0.1) is 11.8 Å². The molecule has 23 heavy (non-hydrogen) atoms. The summed E-state index contributed by atoms with van der Waals surface area (Å²) in [5.41, 5.74) is 16.0. The first kappa shape index (κ1) is 14.5. The molecule has 2 aromatic rings. The zero-order valence-corrected chi connectivity index (χ0v) is 13.2. The van der Waals surface area contributed by atoms with Crippen molar-refractivity contribution in [1.29, 1.82) is 0 Å². The van der Waals surface area contributed by atoms with Gasteiger partial charge in [-0.2, -0.15) is 0 Å². The van der Waals surface area contributed by atoms with Crippen LogP contribution in [0.3, 0.4) is 0 Å². The number of allylic oxidation sites excluding steroid dienone is 2. The van der Waals surface area contributed by atoms with Crippen LogP contribution in [0.25, 0.3) is 16.5 Å². The summed E-state index contributed by atoms with van der Waals surface area (Å²) >= 11 is 0. The molecule has 4 rings (SSSR count). The fourth-order valence-corrected chi connectivity index (χ4v) is 3.27. The lowest BCUT2D eigenvalue weighted by Gasteiger charge is -2.31. The van der Waals surface area contributed by atoms with E-state index in [1.54, 1.807) is 0 Å². The average Bonchev–Trinajstić information content (AvgIpc) is 3.26. The highest BCUT2D eigenvalue weighted by Crippen LogP contribution is 2.38. The Bertz CT molecular complexity index is 763. The van der Waals surface area contributed by atoms with Crippen molar-refractivity contribution >= 4 is 22.7 Å². The fraction of sp³-hybridized carbons (Fsp3) is 0.444. The lowest BCUT2D eigenvalue weighted by atomic mass is 9.81. The molecule has 2 saturated carbocycles. The first-order valence-corrected chi connectivity index (χ1v) is 8.41. The van der Waals surface area contributed by atoms with Crippen molar-refractivity contribution in [2.75, 3.05) is 6.54 Å². The molecule has 2 aliphatic carbocycles. The molecule has 0 aliphatic heterocycles. The zero-order chi connectivity index (χ0) is 15.8. The van der Waals surface area contributed by atoms with Crippen molar-refractivity contribution in [2.24, 2.45) is 28.3 Å². The molecule has 0 atom stereocenters. The van der Waals surface area contributed by atoms with Crippen LogP contribution in [0.5, 0.6) is 0 Å². The van der Waals surface area contributed by atoms with E-state index in [1.165, 1.54) is 12.8 Å². The summed E-state index contributed by atoms with van der Waals surface area (Å²) in [4.78, 5) is 12.6. The second kappa shape index (κ2) is 5.81. The van der Waals surface area contributed by atoms with Gasteiger partial charge >= 0.3 is 0 Å². The number of fused-ring (bicyclic) bond motifs is 1. The number of H-pyrrole nitrogens is 1. The normalized spacial score (nSPS) is 25.6. The molecule has 2 aromatic heterocycles. The first-order chi connectivity index (χ1) is 11.3. The summed E-state index contributed by atoms with van der Waals surface area (Å²) in [5.74, 6) is 1.12. The predicted molar refractivity (Wildman–Crippen MR) is 94.0 cm³/mol. The number of nitrogens with zero attached hydrogens (tertiary/aromatic N) is 2. The van der Waals surface area contributed by atoms with Crippen LogP contribution < -0.4 is 11.5 Å². The second-order valence-corrected chi connectivity index (χ2v) is 6.75. The molecule has 0 saturated heterocycles. The number of pyridine rings is 1. The second-order valence-electron chi connectivity index (χ2n) is 6.75. The highest BCUT2D eigenvalue weighted by molar-refractivity contribution is 6.14. The number of aromatic nitrogens is 2. The lowest BCUT2D eigenvalue weighted by Crippen LogP contribution is -2.32. The Balaban J connectivity index is 1.68. The van der Waals surface area contributed by atoms with Crippen molar-refractivity contribution < 1.29 is 0 Å². The molecular formula is C18H23N5. The van der Waals surface area contributed by atoms with Crippen LogP contribution in [0.2, 0.25) is 0 Å². The molecule has 0 radical (unpaired) electrons. The SMILES string of the molecule is NCC1CC(N=CC(=C(N)C2CC2)c2nccc3cc[nH]c23)C1. The topological polar surface area (TPSA) is 93.1 Å². The molecule has 2 heterocycles. The number of nitrogens with two attached hydrogens (primary N) is 2. The first-order valence-electron chi connectivity index (χ1n) is 8.41. The molecule has 5 N–H and O–H groups in total. The maximum absolute atomic E-state index is 6.43. The van der Waals surface area contributed by atoms with E-state index in [-0.39, 0.29) is 0 Å². The van der Waals surface area contributed by atoms with Crippen LogP contribution in [0.15, 0.2) is 35.2 Å². The largest absolute Gasteiger partial charge is 0.401 e. The van der Waals surface area contributed by atoms with Crippen molar-refractivity contribution in [2.45, 2.75) is 31.7 Å². The minimum absolute atomic E-state index is 0.383. The Morgan fingerprint density at radius 1 is 1.35 bits per heavy atom. The highest BCUT2D eigenvalue weighted by atomic mass is 14.8. The van der Waals surface area contributed by atoms with E-state index in [9.17, 15) is 0 Å². The van der Waals surface area contributed by atoms with Crippen molar-refractivity contribution in [3.63, 3.8) is 0 Å². The van der Waals surface area contributed by atoms with Crippen LogP contribution in [0.1, 0.15) is 31.4 Å². The van der Waals surface area contributed by atoms with Crippen molar-refractivity contribution in [3.05, 3.63) is 35.9 Å². The van der Waals surface area contributed by atoms with E-state index in [2.05, 4.69) is 16.0 Å². The van der Waals surface area contributed by atoms with Gasteiger partial charge in [0.15, 0.2) is 0 Å². The quantitative estimate of drug-likeness (QED) is 0.741. The number of hydrogen-bond donors (Lipinski definition) is 3. The van der Waals surface area contributed by atoms with E-state index in [1.807, 2.05) is 24.7 Å². The van der Waals surface area contributed by atoms with Gasteiger partial charge in [-0.3, -0.25) is 9.98 Å². The van der Waals surface area contributed by atoms with Crippen molar-refractivity contribution in [1.82, 2.24) is 9.97 Å². The molecule has 0 aromatic carbocycles. The van der Waals surface area contributed by atoms with Crippen molar-refractivity contribution in [3.8, 4) is 0 Å². The summed E-state index contributed by atoms with van der Waals surface area (Å²) in [6, 6.07) is 4.45. The summed E-state index contributed by atoms with van der Waals surface area (Å²) in [6.07, 6.45) is 10.2. The van der Waals surface area contributed by atoms with Crippen LogP contribution in [-0.2, 0) is 0 Å². The number of nitrogens with one attached hydrogen (secondary N) is 1. The number of aromatic amines is 1. The van der Waals surface area contributed by atoms with E-state index >= 15 is 0 Å². The predicted octanol–water partition coefficient (Wildman–Crippen LogP) is 2.45. The molecule has 0 spiro atoms. The van der Waals surface area contributed by atoms with Crippen LogP contribution in [0.4, 0.5) is 0 Å². The van der Waals surface area contributed by atoms with E-state index in [0.717, 1.165) is 47.3 Å². The lowest BCUT2D eigenvalue weighted by molar-refractivity contribution is 0.276. The Morgan fingerprint density at radius 3 is 2.91 bits per heavy atom. The van der Waals surface area contributed by atoms with Gasteiger partial charge in [0.25, 0.3) is 0 Å². The van der Waals surface area contributed by atoms with Gasteiger partial charge in [-0.25, -0.2) is 0 Å². The fourth-order valence-electron chi connectivity index (χ4n) is 3.27. The third-order valence-corrected chi connectivity index (χ3v) is 5.02. The summed E-state index contributed by atoms with van der Waals surface area (Å²) in [6.45, 7) is 0.766. The maximum Gasteiger partial charge on any atom is 0.0975 e. The zero-order valence-electron chi connectivity index (χ0n) is 13.2. The summed E-state index contributed by atoms with van der Waals surface area (Å²) in [5, 5.41) is 1.15. The van der Waals surface area contributed by atoms with Gasteiger partial charge in [-0.1, -0.05) is 0 Å². The Kier molecular flexibility index (Phi) is 3.65. The Labute approximate surface area is 135 Å². The number of hydrogen-bond acceptors (Lipinski definition) is 4. The summed E-state index contributed by atoms with van der Waals surface area (Å²) in [7, 11) is 0. The van der Waals surface area contributed by atoms with E-state index in [0.29, 0.717) is 17.9 Å².